The van der Waals surface area contributed by atoms with Gasteiger partial charge in [-0.3, -0.25) is 4.90 Å². The molecule has 1 aliphatic heterocycles. The second kappa shape index (κ2) is 4.11. The fraction of sp³-hybridized carbons (Fsp3) is 0.909. The van der Waals surface area contributed by atoms with E-state index in [1.165, 1.54) is 6.42 Å². The topological polar surface area (TPSA) is 27.0 Å². The zero-order valence-corrected chi connectivity index (χ0v) is 9.01. The van der Waals surface area contributed by atoms with Gasteiger partial charge < -0.3 is 0 Å². The van der Waals surface area contributed by atoms with Crippen molar-refractivity contribution < 1.29 is 0 Å². The molecule has 0 aromatic heterocycles. The number of nitriles is 1. The maximum Gasteiger partial charge on any atom is 0.0656 e. The number of nitrogens with zero attached hydrogens (tertiary/aromatic N) is 2. The van der Waals surface area contributed by atoms with E-state index < -0.39 is 0 Å². The van der Waals surface area contributed by atoms with Crippen molar-refractivity contribution in [1.82, 2.24) is 4.90 Å². The average Bonchev–Trinajstić information content (AvgIpc) is 2.26. The van der Waals surface area contributed by atoms with Crippen molar-refractivity contribution in [2.24, 2.45) is 5.92 Å². The molecule has 1 fully saturated rings. The fourth-order valence-corrected chi connectivity index (χ4v) is 1.90. The van der Waals surface area contributed by atoms with Gasteiger partial charge in [0, 0.05) is 11.5 Å². The van der Waals surface area contributed by atoms with E-state index in [0.29, 0.717) is 5.92 Å². The highest BCUT2D eigenvalue weighted by Gasteiger charge is 2.24. The minimum atomic E-state index is 0.268. The molecule has 0 aromatic rings. The first kappa shape index (κ1) is 10.5. The van der Waals surface area contributed by atoms with Crippen LogP contribution in [0.2, 0.25) is 0 Å². The molecule has 2 heteroatoms. The Labute approximate surface area is 81.5 Å². The average molecular weight is 180 g/mol. The SMILES string of the molecule is CC(C)(C)N1CCC[C@@H](C#N)CC1. The van der Waals surface area contributed by atoms with Crippen LogP contribution in [0.4, 0.5) is 0 Å². The first-order valence-corrected chi connectivity index (χ1v) is 5.18. The molecule has 1 aliphatic rings. The van der Waals surface area contributed by atoms with Crippen LogP contribution in [0.5, 0.6) is 0 Å². The molecule has 0 aromatic carbocycles. The third-order valence-corrected chi connectivity index (χ3v) is 2.86. The number of rotatable bonds is 0. The molecule has 0 amide bonds. The van der Waals surface area contributed by atoms with Gasteiger partial charge in [0.2, 0.25) is 0 Å². The van der Waals surface area contributed by atoms with E-state index in [1.807, 2.05) is 0 Å². The molecule has 0 N–H and O–H groups in total. The summed E-state index contributed by atoms with van der Waals surface area (Å²) in [5, 5.41) is 8.84. The summed E-state index contributed by atoms with van der Waals surface area (Å²) in [5.74, 6) is 0.298. The lowest BCUT2D eigenvalue weighted by molar-refractivity contribution is 0.142. The van der Waals surface area contributed by atoms with Crippen LogP contribution in [0.25, 0.3) is 0 Å². The van der Waals surface area contributed by atoms with Gasteiger partial charge in [-0.25, -0.2) is 0 Å². The maximum atomic E-state index is 8.84. The zero-order chi connectivity index (χ0) is 9.90. The molecular formula is C11H20N2. The molecule has 1 rings (SSSR count). The van der Waals surface area contributed by atoms with Crippen molar-refractivity contribution in [3.05, 3.63) is 0 Å². The number of hydrogen-bond acceptors (Lipinski definition) is 2. The van der Waals surface area contributed by atoms with Crippen LogP contribution < -0.4 is 0 Å². The standard InChI is InChI=1S/C11H20N2/c1-11(2,3)13-7-4-5-10(9-12)6-8-13/h10H,4-8H2,1-3H3/t10-/m1/s1. The summed E-state index contributed by atoms with van der Waals surface area (Å²) in [7, 11) is 0. The van der Waals surface area contributed by atoms with E-state index in [4.69, 9.17) is 5.26 Å². The highest BCUT2D eigenvalue weighted by molar-refractivity contribution is 4.88. The molecule has 0 bridgehead atoms. The van der Waals surface area contributed by atoms with Gasteiger partial charge in [-0.15, -0.1) is 0 Å². The van der Waals surface area contributed by atoms with Crippen molar-refractivity contribution in [3.63, 3.8) is 0 Å². The van der Waals surface area contributed by atoms with Crippen LogP contribution in [-0.2, 0) is 0 Å². The summed E-state index contributed by atoms with van der Waals surface area (Å²) in [4.78, 5) is 2.49. The van der Waals surface area contributed by atoms with Crippen LogP contribution in [0.15, 0.2) is 0 Å². The molecule has 1 saturated heterocycles. The monoisotopic (exact) mass is 180 g/mol. The molecule has 0 radical (unpaired) electrons. The lowest BCUT2D eigenvalue weighted by Crippen LogP contribution is -2.41. The Morgan fingerprint density at radius 3 is 2.46 bits per heavy atom. The highest BCUT2D eigenvalue weighted by Crippen LogP contribution is 2.22. The van der Waals surface area contributed by atoms with Crippen molar-refractivity contribution in [1.29, 1.82) is 5.26 Å². The van der Waals surface area contributed by atoms with Gasteiger partial charge in [0.25, 0.3) is 0 Å². The Morgan fingerprint density at radius 2 is 1.92 bits per heavy atom. The summed E-state index contributed by atoms with van der Waals surface area (Å²) in [5.41, 5.74) is 0.268. The Kier molecular flexibility index (Phi) is 3.33. The largest absolute Gasteiger partial charge is 0.298 e. The third-order valence-electron chi connectivity index (χ3n) is 2.86. The van der Waals surface area contributed by atoms with Crippen LogP contribution in [0.1, 0.15) is 40.0 Å². The lowest BCUT2D eigenvalue weighted by atomic mass is 10.0. The fourth-order valence-electron chi connectivity index (χ4n) is 1.90. The normalized spacial score (nSPS) is 26.5. The smallest absolute Gasteiger partial charge is 0.0656 e. The molecular weight excluding hydrogens is 160 g/mol. The van der Waals surface area contributed by atoms with E-state index in [9.17, 15) is 0 Å². The molecule has 13 heavy (non-hydrogen) atoms. The van der Waals surface area contributed by atoms with Crippen LogP contribution in [0.3, 0.4) is 0 Å². The quantitative estimate of drug-likeness (QED) is 0.572. The van der Waals surface area contributed by atoms with Gasteiger partial charge >= 0.3 is 0 Å². The van der Waals surface area contributed by atoms with Gasteiger partial charge in [-0.1, -0.05) is 0 Å². The Bertz CT molecular complexity index is 197. The van der Waals surface area contributed by atoms with Gasteiger partial charge in [0.15, 0.2) is 0 Å². The predicted octanol–water partition coefficient (Wildman–Crippen LogP) is 2.41. The van der Waals surface area contributed by atoms with E-state index >= 15 is 0 Å². The van der Waals surface area contributed by atoms with Crippen molar-refractivity contribution in [2.45, 2.75) is 45.6 Å². The molecule has 1 atom stereocenters. The van der Waals surface area contributed by atoms with Crippen molar-refractivity contribution in [2.75, 3.05) is 13.1 Å². The second-order valence-corrected chi connectivity index (χ2v) is 4.91. The Hall–Kier alpha value is -0.550. The summed E-state index contributed by atoms with van der Waals surface area (Å²) >= 11 is 0. The first-order valence-electron chi connectivity index (χ1n) is 5.18. The van der Waals surface area contributed by atoms with Gasteiger partial charge in [-0.05, 0) is 53.1 Å². The minimum Gasteiger partial charge on any atom is -0.298 e. The Balaban J connectivity index is 2.51. The van der Waals surface area contributed by atoms with Gasteiger partial charge in [0.1, 0.15) is 0 Å². The summed E-state index contributed by atoms with van der Waals surface area (Å²) in [6, 6.07) is 2.39. The van der Waals surface area contributed by atoms with Crippen LogP contribution in [-0.4, -0.2) is 23.5 Å². The van der Waals surface area contributed by atoms with Crippen molar-refractivity contribution >= 4 is 0 Å². The molecule has 74 valence electrons. The highest BCUT2D eigenvalue weighted by atomic mass is 15.2. The summed E-state index contributed by atoms with van der Waals surface area (Å²) in [6.07, 6.45) is 3.31. The van der Waals surface area contributed by atoms with E-state index in [2.05, 4.69) is 31.7 Å². The van der Waals surface area contributed by atoms with Crippen LogP contribution >= 0.6 is 0 Å². The van der Waals surface area contributed by atoms with E-state index in [1.54, 1.807) is 0 Å². The molecule has 0 unspecified atom stereocenters. The first-order chi connectivity index (χ1) is 6.04. The van der Waals surface area contributed by atoms with Gasteiger partial charge in [-0.2, -0.15) is 5.26 Å². The van der Waals surface area contributed by atoms with Gasteiger partial charge in [0.05, 0.1) is 6.07 Å². The summed E-state index contributed by atoms with van der Waals surface area (Å²) < 4.78 is 0. The predicted molar refractivity (Wildman–Crippen MR) is 54.3 cm³/mol. The van der Waals surface area contributed by atoms with Crippen molar-refractivity contribution in [3.8, 4) is 6.07 Å². The molecule has 2 nitrogen and oxygen atoms in total. The molecule has 0 spiro atoms. The Morgan fingerprint density at radius 1 is 1.23 bits per heavy atom. The molecule has 0 saturated carbocycles. The molecule has 1 heterocycles. The number of hydrogen-bond donors (Lipinski definition) is 0. The third kappa shape index (κ3) is 3.00. The van der Waals surface area contributed by atoms with E-state index in [-0.39, 0.29) is 5.54 Å². The second-order valence-electron chi connectivity index (χ2n) is 4.91. The zero-order valence-electron chi connectivity index (χ0n) is 9.01. The lowest BCUT2D eigenvalue weighted by Gasteiger charge is -2.34. The molecule has 0 aliphatic carbocycles. The van der Waals surface area contributed by atoms with E-state index in [0.717, 1.165) is 25.9 Å². The maximum absolute atomic E-state index is 8.84. The van der Waals surface area contributed by atoms with Crippen LogP contribution in [0, 0.1) is 17.2 Å². The summed E-state index contributed by atoms with van der Waals surface area (Å²) in [6.45, 7) is 8.99. The number of likely N-dealkylation sites (tertiary alicyclic amines) is 1. The minimum absolute atomic E-state index is 0.268.